The summed E-state index contributed by atoms with van der Waals surface area (Å²) in [6.07, 6.45) is 4.16. The molecular weight excluding hydrogens is 234 g/mol. The molecule has 2 nitrogen and oxygen atoms in total. The Morgan fingerprint density at radius 2 is 1.37 bits per heavy atom. The fraction of sp³-hybridized carbons (Fsp3) is 0.176. The molecule has 0 radical (unpaired) electrons. The van der Waals surface area contributed by atoms with Gasteiger partial charge < -0.3 is 0 Å². The Morgan fingerprint density at radius 1 is 0.895 bits per heavy atom. The Balaban J connectivity index is 2.09. The van der Waals surface area contributed by atoms with Crippen molar-refractivity contribution in [3.63, 3.8) is 0 Å². The maximum Gasteiger partial charge on any atom is 0.0634 e. The van der Waals surface area contributed by atoms with Gasteiger partial charge in [-0.1, -0.05) is 54.1 Å². The minimum atomic E-state index is 0.582. The van der Waals surface area contributed by atoms with E-state index < -0.39 is 0 Å². The van der Waals surface area contributed by atoms with Crippen LogP contribution in [-0.4, -0.2) is 11.8 Å². The summed E-state index contributed by atoms with van der Waals surface area (Å²) in [4.78, 5) is 0. The molecule has 2 rings (SSSR count). The lowest BCUT2D eigenvalue weighted by molar-refractivity contribution is 0.260. The SMILES string of the molecule is CCN(O)c1ccc(/C=C/c2ccc(C)cc2)cc1. The molecule has 2 aromatic rings. The predicted molar refractivity (Wildman–Crippen MR) is 81.4 cm³/mol. The van der Waals surface area contributed by atoms with Crippen LogP contribution in [0.4, 0.5) is 5.69 Å². The molecule has 0 saturated carbocycles. The quantitative estimate of drug-likeness (QED) is 0.645. The summed E-state index contributed by atoms with van der Waals surface area (Å²) in [5, 5.41) is 10.8. The van der Waals surface area contributed by atoms with Crippen LogP contribution in [0.25, 0.3) is 12.2 Å². The van der Waals surface area contributed by atoms with Crippen molar-refractivity contribution in [3.8, 4) is 0 Å². The highest BCUT2D eigenvalue weighted by atomic mass is 16.5. The largest absolute Gasteiger partial charge is 0.288 e. The maximum atomic E-state index is 9.57. The zero-order valence-corrected chi connectivity index (χ0v) is 11.4. The van der Waals surface area contributed by atoms with E-state index in [9.17, 15) is 5.21 Å². The van der Waals surface area contributed by atoms with E-state index in [1.807, 2.05) is 31.2 Å². The second kappa shape index (κ2) is 6.21. The molecule has 0 aliphatic carbocycles. The normalized spacial score (nSPS) is 10.9. The number of hydrogen-bond acceptors (Lipinski definition) is 2. The highest BCUT2D eigenvalue weighted by molar-refractivity contribution is 5.70. The van der Waals surface area contributed by atoms with Gasteiger partial charge in [0.1, 0.15) is 0 Å². The molecule has 0 saturated heterocycles. The van der Waals surface area contributed by atoms with E-state index in [4.69, 9.17) is 0 Å². The molecule has 0 atom stereocenters. The van der Waals surface area contributed by atoms with Gasteiger partial charge in [-0.3, -0.25) is 10.3 Å². The van der Waals surface area contributed by atoms with Crippen molar-refractivity contribution >= 4 is 17.8 Å². The van der Waals surface area contributed by atoms with Gasteiger partial charge in [0.15, 0.2) is 0 Å². The zero-order valence-electron chi connectivity index (χ0n) is 11.4. The van der Waals surface area contributed by atoms with Crippen LogP contribution in [0.1, 0.15) is 23.6 Å². The first kappa shape index (κ1) is 13.4. The number of anilines is 1. The van der Waals surface area contributed by atoms with Crippen LogP contribution in [-0.2, 0) is 0 Å². The molecule has 0 heterocycles. The molecule has 0 unspecified atom stereocenters. The highest BCUT2D eigenvalue weighted by Crippen LogP contribution is 2.15. The third kappa shape index (κ3) is 3.70. The lowest BCUT2D eigenvalue weighted by Crippen LogP contribution is -2.16. The lowest BCUT2D eigenvalue weighted by atomic mass is 10.1. The standard InChI is InChI=1S/C17H19NO/c1-3-18(19)17-12-10-16(11-13-17)9-8-15-6-4-14(2)5-7-15/h4-13,19H,3H2,1-2H3/b9-8+. The molecule has 1 N–H and O–H groups in total. The van der Waals surface area contributed by atoms with Crippen LogP contribution in [0.5, 0.6) is 0 Å². The number of nitrogens with zero attached hydrogens (tertiary/aromatic N) is 1. The van der Waals surface area contributed by atoms with Crippen LogP contribution in [0, 0.1) is 6.92 Å². The number of hydroxylamine groups is 1. The molecule has 0 fully saturated rings. The molecule has 98 valence electrons. The van der Waals surface area contributed by atoms with Crippen LogP contribution in [0.15, 0.2) is 48.5 Å². The summed E-state index contributed by atoms with van der Waals surface area (Å²) < 4.78 is 0. The lowest BCUT2D eigenvalue weighted by Gasteiger charge is -2.13. The van der Waals surface area contributed by atoms with Gasteiger partial charge in [-0.2, -0.15) is 0 Å². The van der Waals surface area contributed by atoms with Gasteiger partial charge in [0.2, 0.25) is 0 Å². The molecule has 0 aromatic heterocycles. The van der Waals surface area contributed by atoms with E-state index >= 15 is 0 Å². The Kier molecular flexibility index (Phi) is 4.37. The summed E-state index contributed by atoms with van der Waals surface area (Å²) >= 11 is 0. The molecule has 0 aliphatic rings. The van der Waals surface area contributed by atoms with Gasteiger partial charge in [-0.05, 0) is 37.1 Å². The molecule has 0 aliphatic heterocycles. The average molecular weight is 253 g/mol. The minimum Gasteiger partial charge on any atom is -0.288 e. The molecule has 0 spiro atoms. The predicted octanol–water partition coefficient (Wildman–Crippen LogP) is 4.38. The smallest absolute Gasteiger partial charge is 0.0634 e. The Labute approximate surface area is 114 Å². The molecule has 0 amide bonds. The van der Waals surface area contributed by atoms with Crippen LogP contribution in [0.2, 0.25) is 0 Å². The molecular formula is C17H19NO. The van der Waals surface area contributed by atoms with E-state index in [0.29, 0.717) is 6.54 Å². The number of aryl methyl sites for hydroxylation is 1. The van der Waals surface area contributed by atoms with Crippen molar-refractivity contribution in [2.75, 3.05) is 11.6 Å². The van der Waals surface area contributed by atoms with E-state index in [-0.39, 0.29) is 0 Å². The van der Waals surface area contributed by atoms with E-state index in [1.54, 1.807) is 0 Å². The monoisotopic (exact) mass is 253 g/mol. The Hall–Kier alpha value is -2.06. The average Bonchev–Trinajstić information content (AvgIpc) is 2.46. The summed E-state index contributed by atoms with van der Waals surface area (Å²) in [7, 11) is 0. The molecule has 2 aromatic carbocycles. The third-order valence-electron chi connectivity index (χ3n) is 3.04. The van der Waals surface area contributed by atoms with Crippen molar-refractivity contribution in [2.24, 2.45) is 0 Å². The number of benzene rings is 2. The number of rotatable bonds is 4. The van der Waals surface area contributed by atoms with Gasteiger partial charge in [-0.25, -0.2) is 0 Å². The Morgan fingerprint density at radius 3 is 1.84 bits per heavy atom. The first-order valence-corrected chi connectivity index (χ1v) is 6.50. The van der Waals surface area contributed by atoms with E-state index in [2.05, 4.69) is 43.3 Å². The first-order chi connectivity index (χ1) is 9.19. The van der Waals surface area contributed by atoms with Crippen LogP contribution < -0.4 is 5.06 Å². The minimum absolute atomic E-state index is 0.582. The van der Waals surface area contributed by atoms with Crippen molar-refractivity contribution in [1.29, 1.82) is 0 Å². The van der Waals surface area contributed by atoms with Crippen LogP contribution >= 0.6 is 0 Å². The summed E-state index contributed by atoms with van der Waals surface area (Å²) in [5.74, 6) is 0. The summed E-state index contributed by atoms with van der Waals surface area (Å²) in [6, 6.07) is 16.2. The molecule has 2 heteroatoms. The van der Waals surface area contributed by atoms with Crippen molar-refractivity contribution in [1.82, 2.24) is 0 Å². The second-order valence-electron chi connectivity index (χ2n) is 4.55. The van der Waals surface area contributed by atoms with E-state index in [1.165, 1.54) is 16.2 Å². The van der Waals surface area contributed by atoms with Gasteiger partial charge in [0.05, 0.1) is 5.69 Å². The highest BCUT2D eigenvalue weighted by Gasteiger charge is 1.98. The maximum absolute atomic E-state index is 9.57. The van der Waals surface area contributed by atoms with Gasteiger partial charge in [0, 0.05) is 6.54 Å². The topological polar surface area (TPSA) is 23.5 Å². The zero-order chi connectivity index (χ0) is 13.7. The van der Waals surface area contributed by atoms with Crippen molar-refractivity contribution in [2.45, 2.75) is 13.8 Å². The Bertz CT molecular complexity index is 540. The van der Waals surface area contributed by atoms with E-state index in [0.717, 1.165) is 11.3 Å². The summed E-state index contributed by atoms with van der Waals surface area (Å²) in [6.45, 7) is 4.57. The first-order valence-electron chi connectivity index (χ1n) is 6.50. The molecule has 0 bridgehead atoms. The molecule has 19 heavy (non-hydrogen) atoms. The van der Waals surface area contributed by atoms with Gasteiger partial charge >= 0.3 is 0 Å². The van der Waals surface area contributed by atoms with Gasteiger partial charge in [0.25, 0.3) is 0 Å². The fourth-order valence-electron chi connectivity index (χ4n) is 1.81. The third-order valence-corrected chi connectivity index (χ3v) is 3.04. The van der Waals surface area contributed by atoms with Crippen molar-refractivity contribution < 1.29 is 5.21 Å². The second-order valence-corrected chi connectivity index (χ2v) is 4.55. The van der Waals surface area contributed by atoms with Crippen molar-refractivity contribution in [3.05, 3.63) is 65.2 Å². The fourth-order valence-corrected chi connectivity index (χ4v) is 1.81. The van der Waals surface area contributed by atoms with Crippen LogP contribution in [0.3, 0.4) is 0 Å². The van der Waals surface area contributed by atoms with Gasteiger partial charge in [-0.15, -0.1) is 0 Å². The summed E-state index contributed by atoms with van der Waals surface area (Å²) in [5.41, 5.74) is 4.39. The number of hydrogen-bond donors (Lipinski definition) is 1.